The normalized spacial score (nSPS) is 12.6. The number of carboxylic acids is 2. The van der Waals surface area contributed by atoms with Crippen molar-refractivity contribution in [2.45, 2.75) is 50.6 Å². The van der Waals surface area contributed by atoms with Crippen LogP contribution in [0.25, 0.3) is 43.6 Å². The summed E-state index contributed by atoms with van der Waals surface area (Å²) in [6.07, 6.45) is 3.26. The second-order valence-corrected chi connectivity index (χ2v) is 13.6. The summed E-state index contributed by atoms with van der Waals surface area (Å²) in [4.78, 5) is 50.5. The van der Waals surface area contributed by atoms with Gasteiger partial charge in [0.15, 0.2) is 0 Å². The third kappa shape index (κ3) is 7.28. The minimum absolute atomic E-state index is 0.268. The van der Waals surface area contributed by atoms with Crippen LogP contribution in [-0.4, -0.2) is 56.2 Å². The largest absolute Gasteiger partial charge is 0.480 e. The molecule has 0 aliphatic heterocycles. The van der Waals surface area contributed by atoms with Crippen molar-refractivity contribution in [2.24, 2.45) is 0 Å². The van der Waals surface area contributed by atoms with Crippen LogP contribution in [0.4, 0.5) is 0 Å². The highest BCUT2D eigenvalue weighted by Gasteiger charge is 2.25. The van der Waals surface area contributed by atoms with Gasteiger partial charge in [0.25, 0.3) is 11.8 Å². The molecule has 0 radical (unpaired) electrons. The summed E-state index contributed by atoms with van der Waals surface area (Å²) in [6, 6.07) is 36.3. The van der Waals surface area contributed by atoms with Gasteiger partial charge in [-0.3, -0.25) is 9.59 Å². The zero-order valence-electron chi connectivity index (χ0n) is 29.8. The molecule has 2 aromatic heterocycles. The minimum atomic E-state index is -0.892. The van der Waals surface area contributed by atoms with Gasteiger partial charge >= 0.3 is 11.9 Å². The number of benzene rings is 5. The first kappa shape index (κ1) is 36.0. The Balaban J connectivity index is 0.864. The Bertz CT molecular complexity index is 2200. The second-order valence-electron chi connectivity index (χ2n) is 13.6. The van der Waals surface area contributed by atoms with Gasteiger partial charge in [0.1, 0.15) is 12.1 Å². The third-order valence-electron chi connectivity index (χ3n) is 10.2. The predicted molar refractivity (Wildman–Crippen MR) is 211 cm³/mol. The van der Waals surface area contributed by atoms with Crippen molar-refractivity contribution in [3.05, 3.63) is 132 Å². The van der Waals surface area contributed by atoms with Gasteiger partial charge < -0.3 is 30.0 Å². The molecule has 0 fully saturated rings. The summed E-state index contributed by atoms with van der Waals surface area (Å²) in [6.45, 7) is 0.778. The van der Waals surface area contributed by atoms with Crippen molar-refractivity contribution < 1.29 is 29.4 Å². The molecule has 0 spiro atoms. The molecule has 5 aromatic carbocycles. The van der Waals surface area contributed by atoms with Crippen molar-refractivity contribution in [1.29, 1.82) is 0 Å². The molecule has 2 amide bonds. The molecule has 0 unspecified atom stereocenters. The van der Waals surface area contributed by atoms with Crippen LogP contribution in [-0.2, 0) is 9.59 Å². The number of carbonyl (C=O) groups is 4. The van der Waals surface area contributed by atoms with Gasteiger partial charge in [0.2, 0.25) is 0 Å². The van der Waals surface area contributed by atoms with Gasteiger partial charge in [-0.1, -0.05) is 72.8 Å². The maximum atomic E-state index is 12.8. The van der Waals surface area contributed by atoms with Crippen LogP contribution in [0.3, 0.4) is 0 Å². The summed E-state index contributed by atoms with van der Waals surface area (Å²) in [7, 11) is 0. The number of nitrogens with one attached hydrogen (secondary N) is 2. The summed E-state index contributed by atoms with van der Waals surface area (Å²) in [5.74, 6) is -2.32. The first-order valence-corrected chi connectivity index (χ1v) is 18.4. The van der Waals surface area contributed by atoms with Gasteiger partial charge in [0, 0.05) is 67.8 Å². The average molecular weight is 723 g/mol. The third-order valence-corrected chi connectivity index (χ3v) is 10.2. The average Bonchev–Trinajstić information content (AvgIpc) is 3.70. The van der Waals surface area contributed by atoms with Crippen LogP contribution in [0.5, 0.6) is 0 Å². The van der Waals surface area contributed by atoms with E-state index >= 15 is 0 Å². The lowest BCUT2D eigenvalue weighted by Crippen LogP contribution is -2.26. The fraction of sp³-hybridized carbons (Fsp3) is 0.227. The zero-order chi connectivity index (χ0) is 37.6. The first-order valence-electron chi connectivity index (χ1n) is 18.4. The molecule has 10 nitrogen and oxygen atoms in total. The highest BCUT2D eigenvalue weighted by molar-refractivity contribution is 6.09. The van der Waals surface area contributed by atoms with Crippen LogP contribution in [0, 0.1) is 0 Å². The van der Waals surface area contributed by atoms with E-state index in [-0.39, 0.29) is 11.8 Å². The molecular formula is C44H42N4O6. The summed E-state index contributed by atoms with van der Waals surface area (Å²) in [5.41, 5.74) is 4.39. The quantitative estimate of drug-likeness (QED) is 0.0739. The molecule has 7 aromatic rings. The lowest BCUT2D eigenvalue weighted by molar-refractivity contribution is -0.141. The van der Waals surface area contributed by atoms with Crippen LogP contribution < -0.4 is 10.6 Å². The van der Waals surface area contributed by atoms with Crippen molar-refractivity contribution in [1.82, 2.24) is 19.8 Å². The number of nitrogens with zero attached hydrogens (tertiary/aromatic N) is 2. The van der Waals surface area contributed by atoms with Crippen LogP contribution in [0.15, 0.2) is 121 Å². The number of carbonyl (C=O) groups excluding carboxylic acids is 2. The summed E-state index contributed by atoms with van der Waals surface area (Å²) < 4.78 is 3.82. The van der Waals surface area contributed by atoms with Gasteiger partial charge in [0.05, 0.1) is 0 Å². The number of rotatable bonds is 16. The Hall–Kier alpha value is -6.42. The number of para-hydroxylation sites is 4. The van der Waals surface area contributed by atoms with Crippen LogP contribution in [0.2, 0.25) is 0 Å². The van der Waals surface area contributed by atoms with E-state index in [1.807, 2.05) is 106 Å². The Morgan fingerprint density at radius 1 is 0.444 bits per heavy atom. The molecule has 2 atom stereocenters. The Kier molecular flexibility index (Phi) is 10.7. The number of aromatic nitrogens is 2. The number of amides is 2. The Morgan fingerprint density at radius 3 is 1.04 bits per heavy atom. The Morgan fingerprint density at radius 2 is 0.741 bits per heavy atom. The molecule has 10 heteroatoms. The number of fused-ring (bicyclic) bond motifs is 6. The lowest BCUT2D eigenvalue weighted by atomic mass is 10.1. The maximum Gasteiger partial charge on any atom is 0.326 e. The standard InChI is InChI=1S/C44H42N4O6/c49-41(45-27-11-9-21-39(43(51)52)47-35-17-5-1-13-31(35)32-14-2-6-18-36(32)47)29-23-25-30(26-24-29)42(50)46-28-12-10-22-40(44(53)54)48-37-19-7-3-15-33(37)34-16-4-8-20-38(34)48/h1-8,13-20,23-26,39-40H,9-12,21-22,27-28H2,(H,45,49)(H,46,50)(H,51,52)(H,53,54)/t39-,40+. The number of aliphatic carboxylic acids is 2. The van der Waals surface area contributed by atoms with E-state index in [0.717, 1.165) is 43.6 Å². The maximum absolute atomic E-state index is 12.8. The highest BCUT2D eigenvalue weighted by Crippen LogP contribution is 2.35. The molecular weight excluding hydrogens is 681 g/mol. The summed E-state index contributed by atoms with van der Waals surface area (Å²) >= 11 is 0. The SMILES string of the molecule is O=C(NCCCC[C@H](C(=O)O)n1c2ccccc2c2ccccc21)c1ccc(C(=O)NCCCC[C@@H](C(=O)O)n2c3ccccc3c3ccccc32)cc1. The van der Waals surface area contributed by atoms with E-state index in [1.54, 1.807) is 24.3 Å². The fourth-order valence-electron chi connectivity index (χ4n) is 7.61. The summed E-state index contributed by atoms with van der Waals surface area (Å²) in [5, 5.41) is 30.3. The van der Waals surface area contributed by atoms with Crippen molar-refractivity contribution >= 4 is 67.4 Å². The van der Waals surface area contributed by atoms with E-state index in [9.17, 15) is 29.4 Å². The van der Waals surface area contributed by atoms with Gasteiger partial charge in [-0.25, -0.2) is 9.59 Å². The molecule has 0 bridgehead atoms. The number of hydrogen-bond acceptors (Lipinski definition) is 4. The van der Waals surface area contributed by atoms with Gasteiger partial charge in [-0.15, -0.1) is 0 Å². The van der Waals surface area contributed by atoms with Gasteiger partial charge in [-0.05, 0) is 87.1 Å². The lowest BCUT2D eigenvalue weighted by Gasteiger charge is -2.17. The minimum Gasteiger partial charge on any atom is -0.480 e. The van der Waals surface area contributed by atoms with Crippen molar-refractivity contribution in [3.63, 3.8) is 0 Å². The molecule has 0 aliphatic rings. The molecule has 0 aliphatic carbocycles. The smallest absolute Gasteiger partial charge is 0.326 e. The van der Waals surface area contributed by atoms with Crippen molar-refractivity contribution in [3.8, 4) is 0 Å². The number of hydrogen-bond donors (Lipinski definition) is 4. The monoisotopic (exact) mass is 722 g/mol. The number of carboxylic acid groups (broad SMARTS) is 2. The van der Waals surface area contributed by atoms with Gasteiger partial charge in [-0.2, -0.15) is 0 Å². The number of unbranched alkanes of at least 4 members (excludes halogenated alkanes) is 2. The molecule has 0 saturated carbocycles. The van der Waals surface area contributed by atoms with Crippen LogP contribution >= 0.6 is 0 Å². The second kappa shape index (κ2) is 16.1. The van der Waals surface area contributed by atoms with Crippen molar-refractivity contribution in [2.75, 3.05) is 13.1 Å². The first-order chi connectivity index (χ1) is 26.3. The van der Waals surface area contributed by atoms with E-state index in [4.69, 9.17) is 0 Å². The van der Waals surface area contributed by atoms with E-state index in [1.165, 1.54) is 0 Å². The molecule has 0 saturated heterocycles. The molecule has 4 N–H and O–H groups in total. The molecule has 7 rings (SSSR count). The molecule has 2 heterocycles. The van der Waals surface area contributed by atoms with E-state index in [0.29, 0.717) is 62.7 Å². The van der Waals surface area contributed by atoms with E-state index < -0.39 is 24.0 Å². The Labute approximate surface area is 312 Å². The molecule has 274 valence electrons. The van der Waals surface area contributed by atoms with E-state index in [2.05, 4.69) is 10.6 Å². The highest BCUT2D eigenvalue weighted by atomic mass is 16.4. The fourth-order valence-corrected chi connectivity index (χ4v) is 7.61. The van der Waals surface area contributed by atoms with Crippen LogP contribution in [0.1, 0.15) is 71.3 Å². The molecule has 54 heavy (non-hydrogen) atoms. The zero-order valence-corrected chi connectivity index (χ0v) is 29.8. The predicted octanol–water partition coefficient (Wildman–Crippen LogP) is 8.35. The topological polar surface area (TPSA) is 143 Å².